The van der Waals surface area contributed by atoms with E-state index in [2.05, 4.69) is 46.4 Å². The van der Waals surface area contributed by atoms with Crippen LogP contribution in [-0.4, -0.2) is 21.5 Å². The molecular formula is C13H18N4S2. The Morgan fingerprint density at radius 3 is 2.58 bits per heavy atom. The molecule has 0 bridgehead atoms. The van der Waals surface area contributed by atoms with Gasteiger partial charge in [0.2, 0.25) is 0 Å². The Morgan fingerprint density at radius 1 is 1.21 bits per heavy atom. The van der Waals surface area contributed by atoms with Crippen molar-refractivity contribution in [2.24, 2.45) is 0 Å². The van der Waals surface area contributed by atoms with Crippen LogP contribution >= 0.6 is 23.1 Å². The summed E-state index contributed by atoms with van der Waals surface area (Å²) in [7, 11) is 0. The molecule has 0 radical (unpaired) electrons. The molecule has 2 heterocycles. The summed E-state index contributed by atoms with van der Waals surface area (Å²) in [4.78, 5) is 13.6. The molecule has 0 amide bonds. The quantitative estimate of drug-likeness (QED) is 0.852. The number of aryl methyl sites for hydroxylation is 2. The first-order valence-corrected chi connectivity index (χ1v) is 8.05. The highest BCUT2D eigenvalue weighted by Crippen LogP contribution is 2.33. The van der Waals surface area contributed by atoms with Gasteiger partial charge in [-0.1, -0.05) is 6.92 Å². The molecule has 0 fully saturated rings. The third-order valence-corrected chi connectivity index (χ3v) is 4.74. The molecule has 6 heteroatoms. The maximum atomic E-state index is 4.62. The van der Waals surface area contributed by atoms with Gasteiger partial charge in [0, 0.05) is 29.6 Å². The molecule has 2 rings (SSSR count). The average Bonchev–Trinajstić information content (AvgIpc) is 2.80. The van der Waals surface area contributed by atoms with Gasteiger partial charge in [-0.3, -0.25) is 0 Å². The first-order valence-electron chi connectivity index (χ1n) is 6.35. The van der Waals surface area contributed by atoms with Crippen molar-refractivity contribution >= 4 is 28.9 Å². The van der Waals surface area contributed by atoms with Crippen LogP contribution in [0.2, 0.25) is 0 Å². The molecule has 0 aliphatic heterocycles. The Balaban J connectivity index is 2.35. The van der Waals surface area contributed by atoms with Crippen LogP contribution in [0.15, 0.2) is 14.7 Å². The summed E-state index contributed by atoms with van der Waals surface area (Å²) in [6.45, 7) is 9.07. The van der Waals surface area contributed by atoms with Gasteiger partial charge in [0.25, 0.3) is 0 Å². The first-order chi connectivity index (χ1) is 9.13. The van der Waals surface area contributed by atoms with E-state index in [0.29, 0.717) is 0 Å². The second kappa shape index (κ2) is 6.34. The van der Waals surface area contributed by atoms with Gasteiger partial charge in [-0.25, -0.2) is 15.0 Å². The van der Waals surface area contributed by atoms with Crippen molar-refractivity contribution in [1.82, 2.24) is 15.0 Å². The van der Waals surface area contributed by atoms with Crippen LogP contribution in [0, 0.1) is 13.8 Å². The molecule has 2 aromatic heterocycles. The Labute approximate surface area is 122 Å². The van der Waals surface area contributed by atoms with E-state index in [1.165, 1.54) is 0 Å². The minimum Gasteiger partial charge on any atom is -0.370 e. The second-order valence-electron chi connectivity index (χ2n) is 4.16. The molecule has 4 nitrogen and oxygen atoms in total. The highest BCUT2D eigenvalue weighted by molar-refractivity contribution is 8.01. The van der Waals surface area contributed by atoms with E-state index in [0.717, 1.165) is 45.2 Å². The SMILES string of the molecule is CCNc1nc(CC)nc(Sc2nc(C)cs2)c1C. The molecule has 0 aliphatic rings. The molecule has 19 heavy (non-hydrogen) atoms. The second-order valence-corrected chi connectivity index (χ2v) is 6.25. The van der Waals surface area contributed by atoms with Crippen LogP contribution in [-0.2, 0) is 6.42 Å². The maximum Gasteiger partial charge on any atom is 0.156 e. The molecule has 0 aromatic carbocycles. The van der Waals surface area contributed by atoms with Crippen LogP contribution < -0.4 is 5.32 Å². The third-order valence-electron chi connectivity index (χ3n) is 2.59. The number of hydrogen-bond acceptors (Lipinski definition) is 6. The summed E-state index contributed by atoms with van der Waals surface area (Å²) >= 11 is 3.28. The zero-order chi connectivity index (χ0) is 13.8. The Bertz CT molecular complexity index is 566. The van der Waals surface area contributed by atoms with Gasteiger partial charge in [0.05, 0.1) is 0 Å². The number of anilines is 1. The van der Waals surface area contributed by atoms with Crippen LogP contribution in [0.25, 0.3) is 0 Å². The van der Waals surface area contributed by atoms with Gasteiger partial charge in [-0.05, 0) is 32.5 Å². The normalized spacial score (nSPS) is 10.7. The van der Waals surface area contributed by atoms with Gasteiger partial charge in [0.1, 0.15) is 16.7 Å². The van der Waals surface area contributed by atoms with Gasteiger partial charge in [0.15, 0.2) is 4.34 Å². The summed E-state index contributed by atoms with van der Waals surface area (Å²) in [6.07, 6.45) is 0.836. The summed E-state index contributed by atoms with van der Waals surface area (Å²) in [6, 6.07) is 0. The Morgan fingerprint density at radius 2 is 2.00 bits per heavy atom. The lowest BCUT2D eigenvalue weighted by atomic mass is 10.3. The van der Waals surface area contributed by atoms with E-state index in [1.54, 1.807) is 23.1 Å². The van der Waals surface area contributed by atoms with E-state index in [9.17, 15) is 0 Å². The van der Waals surface area contributed by atoms with E-state index < -0.39 is 0 Å². The van der Waals surface area contributed by atoms with Crippen molar-refractivity contribution in [3.63, 3.8) is 0 Å². The third kappa shape index (κ3) is 3.45. The van der Waals surface area contributed by atoms with Crippen molar-refractivity contribution in [1.29, 1.82) is 0 Å². The standard InChI is InChI=1S/C13H18N4S2/c1-5-10-16-11(14-6-2)9(4)12(17-10)19-13-15-8(3)7-18-13/h7H,5-6H2,1-4H3,(H,14,16,17). The lowest BCUT2D eigenvalue weighted by molar-refractivity contribution is 0.870. The van der Waals surface area contributed by atoms with Gasteiger partial charge < -0.3 is 5.32 Å². The molecule has 0 saturated carbocycles. The largest absolute Gasteiger partial charge is 0.370 e. The van der Waals surface area contributed by atoms with E-state index in [-0.39, 0.29) is 0 Å². The highest BCUT2D eigenvalue weighted by atomic mass is 32.2. The first kappa shape index (κ1) is 14.3. The van der Waals surface area contributed by atoms with E-state index in [1.807, 2.05) is 6.92 Å². The molecule has 102 valence electrons. The summed E-state index contributed by atoms with van der Waals surface area (Å²) < 4.78 is 1.03. The molecule has 0 saturated heterocycles. The lowest BCUT2D eigenvalue weighted by Crippen LogP contribution is -2.07. The van der Waals surface area contributed by atoms with Crippen LogP contribution in [0.1, 0.15) is 30.9 Å². The van der Waals surface area contributed by atoms with Gasteiger partial charge >= 0.3 is 0 Å². The maximum absolute atomic E-state index is 4.62. The fourth-order valence-corrected chi connectivity index (χ4v) is 3.45. The fraction of sp³-hybridized carbons (Fsp3) is 0.462. The molecule has 0 spiro atoms. The lowest BCUT2D eigenvalue weighted by Gasteiger charge is -2.11. The zero-order valence-corrected chi connectivity index (χ0v) is 13.3. The summed E-state index contributed by atoms with van der Waals surface area (Å²) in [5.74, 6) is 1.81. The van der Waals surface area contributed by atoms with Crippen LogP contribution in [0.3, 0.4) is 0 Å². The minimum absolute atomic E-state index is 0.836. The Kier molecular flexibility index (Phi) is 4.76. The predicted octanol–water partition coefficient (Wildman–Crippen LogP) is 3.70. The van der Waals surface area contributed by atoms with E-state index >= 15 is 0 Å². The Hall–Kier alpha value is -1.14. The smallest absolute Gasteiger partial charge is 0.156 e. The number of rotatable bonds is 5. The van der Waals surface area contributed by atoms with Crippen molar-refractivity contribution in [3.05, 3.63) is 22.5 Å². The van der Waals surface area contributed by atoms with Gasteiger partial charge in [-0.15, -0.1) is 11.3 Å². The number of thiazole rings is 1. The average molecular weight is 294 g/mol. The molecule has 0 unspecified atom stereocenters. The van der Waals surface area contributed by atoms with Crippen molar-refractivity contribution in [2.75, 3.05) is 11.9 Å². The number of nitrogens with zero attached hydrogens (tertiary/aromatic N) is 3. The predicted molar refractivity (Wildman–Crippen MR) is 81.3 cm³/mol. The molecule has 0 aliphatic carbocycles. The molecule has 0 atom stereocenters. The summed E-state index contributed by atoms with van der Waals surface area (Å²) in [5.41, 5.74) is 2.15. The van der Waals surface area contributed by atoms with E-state index in [4.69, 9.17) is 0 Å². The van der Waals surface area contributed by atoms with Crippen molar-refractivity contribution in [3.8, 4) is 0 Å². The highest BCUT2D eigenvalue weighted by Gasteiger charge is 2.12. The van der Waals surface area contributed by atoms with Crippen molar-refractivity contribution in [2.45, 2.75) is 43.5 Å². The molecular weight excluding hydrogens is 276 g/mol. The summed E-state index contributed by atoms with van der Waals surface area (Å²) in [5, 5.41) is 6.36. The van der Waals surface area contributed by atoms with Crippen LogP contribution in [0.5, 0.6) is 0 Å². The molecule has 1 N–H and O–H groups in total. The zero-order valence-electron chi connectivity index (χ0n) is 11.6. The number of nitrogens with one attached hydrogen (secondary N) is 1. The minimum atomic E-state index is 0.836. The number of hydrogen-bond donors (Lipinski definition) is 1. The topological polar surface area (TPSA) is 50.7 Å². The fourth-order valence-electron chi connectivity index (χ4n) is 1.60. The van der Waals surface area contributed by atoms with Crippen LogP contribution in [0.4, 0.5) is 5.82 Å². The number of aromatic nitrogens is 3. The van der Waals surface area contributed by atoms with Crippen molar-refractivity contribution < 1.29 is 0 Å². The molecule has 2 aromatic rings. The van der Waals surface area contributed by atoms with Gasteiger partial charge in [-0.2, -0.15) is 0 Å². The monoisotopic (exact) mass is 294 g/mol.